The third-order valence-corrected chi connectivity index (χ3v) is 4.66. The number of anilines is 3. The van der Waals surface area contributed by atoms with Crippen molar-refractivity contribution in [1.29, 1.82) is 0 Å². The number of hydrogen-bond donors (Lipinski definition) is 1. The summed E-state index contributed by atoms with van der Waals surface area (Å²) in [6, 6.07) is 21.9. The van der Waals surface area contributed by atoms with E-state index in [4.69, 9.17) is 4.74 Å². The topological polar surface area (TPSA) is 58.6 Å². The molecular formula is C21H14N2O3. The van der Waals surface area contributed by atoms with E-state index in [2.05, 4.69) is 5.32 Å². The molecule has 0 saturated heterocycles. The van der Waals surface area contributed by atoms with E-state index in [1.54, 1.807) is 17.0 Å². The van der Waals surface area contributed by atoms with Crippen molar-refractivity contribution in [1.82, 2.24) is 0 Å². The molecule has 2 amide bonds. The number of ether oxygens (including phenoxy) is 1. The van der Waals surface area contributed by atoms with Crippen LogP contribution in [0.4, 0.5) is 17.1 Å². The van der Waals surface area contributed by atoms with Crippen LogP contribution in [0.15, 0.2) is 72.8 Å². The standard InChI is InChI=1S/C21H14N2O3/c24-20(22-13-7-2-1-3-8-13)18-14-9-6-12-17-19(14)23(21(18)25)15-10-4-5-11-16(15)26-17/h1-12,18H,(H,22,24). The Morgan fingerprint density at radius 2 is 1.62 bits per heavy atom. The van der Waals surface area contributed by atoms with E-state index in [1.807, 2.05) is 60.7 Å². The normalized spacial score (nSPS) is 16.5. The molecule has 2 aliphatic rings. The summed E-state index contributed by atoms with van der Waals surface area (Å²) in [6.07, 6.45) is 0. The molecule has 0 bridgehead atoms. The van der Waals surface area contributed by atoms with Crippen molar-refractivity contribution in [3.63, 3.8) is 0 Å². The Kier molecular flexibility index (Phi) is 3.09. The quantitative estimate of drug-likeness (QED) is 0.710. The number of nitrogens with one attached hydrogen (secondary N) is 1. The number of carbonyl (C=O) groups is 2. The Morgan fingerprint density at radius 1 is 0.885 bits per heavy atom. The smallest absolute Gasteiger partial charge is 0.248 e. The SMILES string of the molecule is O=C(Nc1ccccc1)C1C(=O)N2c3ccccc3Oc3cccc1c32. The first-order valence-corrected chi connectivity index (χ1v) is 8.34. The first-order chi connectivity index (χ1) is 12.7. The number of benzene rings is 3. The minimum Gasteiger partial charge on any atom is -0.453 e. The fraction of sp³-hybridized carbons (Fsp3) is 0.0476. The van der Waals surface area contributed by atoms with Crippen molar-refractivity contribution < 1.29 is 14.3 Å². The van der Waals surface area contributed by atoms with Gasteiger partial charge in [0.25, 0.3) is 0 Å². The van der Waals surface area contributed by atoms with Gasteiger partial charge >= 0.3 is 0 Å². The van der Waals surface area contributed by atoms with Crippen LogP contribution in [0.25, 0.3) is 0 Å². The molecule has 0 radical (unpaired) electrons. The lowest BCUT2D eigenvalue weighted by atomic mass is 9.99. The number of rotatable bonds is 2. The second-order valence-corrected chi connectivity index (χ2v) is 6.23. The maximum atomic E-state index is 13.2. The van der Waals surface area contributed by atoms with Crippen LogP contribution in [0.3, 0.4) is 0 Å². The van der Waals surface area contributed by atoms with E-state index in [1.165, 1.54) is 0 Å². The van der Waals surface area contributed by atoms with E-state index in [0.717, 1.165) is 0 Å². The first kappa shape index (κ1) is 14.7. The number of para-hydroxylation sites is 4. The molecule has 0 fully saturated rings. The fourth-order valence-electron chi connectivity index (χ4n) is 3.54. The largest absolute Gasteiger partial charge is 0.453 e. The van der Waals surface area contributed by atoms with Gasteiger partial charge in [-0.3, -0.25) is 14.5 Å². The van der Waals surface area contributed by atoms with E-state index in [0.29, 0.717) is 34.1 Å². The molecule has 2 heterocycles. The summed E-state index contributed by atoms with van der Waals surface area (Å²) < 4.78 is 5.94. The number of nitrogens with zero attached hydrogens (tertiary/aromatic N) is 1. The van der Waals surface area contributed by atoms with Gasteiger partial charge < -0.3 is 10.1 Å². The zero-order valence-electron chi connectivity index (χ0n) is 13.7. The number of carbonyl (C=O) groups excluding carboxylic acids is 2. The molecule has 1 atom stereocenters. The van der Waals surface area contributed by atoms with Crippen LogP contribution in [0.1, 0.15) is 11.5 Å². The van der Waals surface area contributed by atoms with E-state index >= 15 is 0 Å². The number of hydrogen-bond acceptors (Lipinski definition) is 3. The zero-order chi connectivity index (χ0) is 17.7. The fourth-order valence-corrected chi connectivity index (χ4v) is 3.54. The van der Waals surface area contributed by atoms with Crippen molar-refractivity contribution in [2.24, 2.45) is 0 Å². The predicted molar refractivity (Wildman–Crippen MR) is 97.9 cm³/mol. The lowest BCUT2D eigenvalue weighted by Gasteiger charge is -2.27. The van der Waals surface area contributed by atoms with Gasteiger partial charge in [0.15, 0.2) is 11.5 Å². The minimum atomic E-state index is -0.903. The molecule has 5 rings (SSSR count). The van der Waals surface area contributed by atoms with Crippen LogP contribution in [0.5, 0.6) is 11.5 Å². The monoisotopic (exact) mass is 342 g/mol. The van der Waals surface area contributed by atoms with Crippen LogP contribution in [-0.4, -0.2) is 11.8 Å². The summed E-state index contributed by atoms with van der Waals surface area (Å²) in [6.45, 7) is 0. The predicted octanol–water partition coefficient (Wildman–Crippen LogP) is 4.19. The van der Waals surface area contributed by atoms with E-state index < -0.39 is 5.92 Å². The highest BCUT2D eigenvalue weighted by atomic mass is 16.5. The molecule has 0 spiro atoms. The van der Waals surface area contributed by atoms with Crippen LogP contribution < -0.4 is 15.0 Å². The van der Waals surface area contributed by atoms with Gasteiger partial charge in [0.2, 0.25) is 11.8 Å². The van der Waals surface area contributed by atoms with E-state index in [9.17, 15) is 9.59 Å². The molecule has 26 heavy (non-hydrogen) atoms. The summed E-state index contributed by atoms with van der Waals surface area (Å²) in [4.78, 5) is 27.7. The van der Waals surface area contributed by atoms with Gasteiger partial charge in [-0.1, -0.05) is 42.5 Å². The summed E-state index contributed by atoms with van der Waals surface area (Å²) in [5.41, 5.74) is 2.64. The third-order valence-electron chi connectivity index (χ3n) is 4.66. The van der Waals surface area contributed by atoms with Gasteiger partial charge in [-0.05, 0) is 30.3 Å². The molecule has 0 aliphatic carbocycles. The van der Waals surface area contributed by atoms with Crippen molar-refractivity contribution in [3.05, 3.63) is 78.4 Å². The molecule has 3 aromatic carbocycles. The second-order valence-electron chi connectivity index (χ2n) is 6.23. The van der Waals surface area contributed by atoms with Gasteiger partial charge in [0, 0.05) is 11.3 Å². The molecule has 5 nitrogen and oxygen atoms in total. The molecular weight excluding hydrogens is 328 g/mol. The highest BCUT2D eigenvalue weighted by Gasteiger charge is 2.46. The maximum Gasteiger partial charge on any atom is 0.248 e. The second kappa shape index (κ2) is 5.46. The summed E-state index contributed by atoms with van der Waals surface area (Å²) in [5, 5.41) is 2.84. The van der Waals surface area contributed by atoms with E-state index in [-0.39, 0.29) is 11.8 Å². The van der Waals surface area contributed by atoms with Crippen molar-refractivity contribution in [3.8, 4) is 11.5 Å². The summed E-state index contributed by atoms with van der Waals surface area (Å²) >= 11 is 0. The Hall–Kier alpha value is -3.60. The lowest BCUT2D eigenvalue weighted by molar-refractivity contribution is -0.126. The average molecular weight is 342 g/mol. The Labute approximate surface area is 149 Å². The molecule has 2 aliphatic heterocycles. The van der Waals surface area contributed by atoms with Gasteiger partial charge in [0.1, 0.15) is 5.92 Å². The molecule has 126 valence electrons. The average Bonchev–Trinajstić information content (AvgIpc) is 2.97. The van der Waals surface area contributed by atoms with Crippen LogP contribution >= 0.6 is 0 Å². The van der Waals surface area contributed by atoms with Gasteiger partial charge in [-0.15, -0.1) is 0 Å². The Morgan fingerprint density at radius 3 is 2.46 bits per heavy atom. The molecule has 5 heteroatoms. The Bertz CT molecular complexity index is 1050. The molecule has 1 N–H and O–H groups in total. The van der Waals surface area contributed by atoms with Crippen LogP contribution in [-0.2, 0) is 9.59 Å². The maximum absolute atomic E-state index is 13.2. The molecule has 0 saturated carbocycles. The van der Waals surface area contributed by atoms with Crippen molar-refractivity contribution >= 4 is 28.9 Å². The highest BCUT2D eigenvalue weighted by Crippen LogP contribution is 2.54. The van der Waals surface area contributed by atoms with Crippen molar-refractivity contribution in [2.45, 2.75) is 5.92 Å². The summed E-state index contributed by atoms with van der Waals surface area (Å²) in [5.74, 6) is -0.322. The third kappa shape index (κ3) is 2.04. The minimum absolute atomic E-state index is 0.267. The molecule has 0 aromatic heterocycles. The van der Waals surface area contributed by atoms with Crippen LogP contribution in [0.2, 0.25) is 0 Å². The zero-order valence-corrected chi connectivity index (χ0v) is 13.7. The number of amides is 2. The Balaban J connectivity index is 1.60. The number of fused-ring (bicyclic) bond motifs is 2. The first-order valence-electron chi connectivity index (χ1n) is 8.34. The molecule has 3 aromatic rings. The van der Waals surface area contributed by atoms with Crippen LogP contribution in [0, 0.1) is 0 Å². The highest BCUT2D eigenvalue weighted by molar-refractivity contribution is 6.24. The van der Waals surface area contributed by atoms with Gasteiger partial charge in [-0.2, -0.15) is 0 Å². The molecule has 1 unspecified atom stereocenters. The van der Waals surface area contributed by atoms with Crippen molar-refractivity contribution in [2.75, 3.05) is 10.2 Å². The summed E-state index contributed by atoms with van der Waals surface area (Å²) in [7, 11) is 0. The van der Waals surface area contributed by atoms with Gasteiger partial charge in [0.05, 0.1) is 11.4 Å². The lowest BCUT2D eigenvalue weighted by Crippen LogP contribution is -2.32. The van der Waals surface area contributed by atoms with Gasteiger partial charge in [-0.25, -0.2) is 0 Å².